The van der Waals surface area contributed by atoms with Gasteiger partial charge in [0.1, 0.15) is 0 Å². The lowest BCUT2D eigenvalue weighted by Gasteiger charge is -1.89. The topological polar surface area (TPSA) is 33.1 Å². The van der Waals surface area contributed by atoms with Crippen LogP contribution in [-0.2, 0) is 6.42 Å². The summed E-state index contributed by atoms with van der Waals surface area (Å²) in [6.45, 7) is 2.06. The third-order valence-electron chi connectivity index (χ3n) is 1.21. The number of thiazole rings is 1. The average Bonchev–Trinajstić information content (AvgIpc) is 2.13. The van der Waals surface area contributed by atoms with E-state index in [0.717, 1.165) is 10.6 Å². The van der Waals surface area contributed by atoms with Crippen molar-refractivity contribution < 1.29 is 5.11 Å². The van der Waals surface area contributed by atoms with Crippen LogP contribution in [0, 0.1) is 6.92 Å². The van der Waals surface area contributed by atoms with E-state index >= 15 is 0 Å². The van der Waals surface area contributed by atoms with E-state index in [-0.39, 0.29) is 6.61 Å². The summed E-state index contributed by atoms with van der Waals surface area (Å²) in [4.78, 5) is 5.08. The molecule has 4 heteroatoms. The molecule has 0 aliphatic heterocycles. The van der Waals surface area contributed by atoms with Gasteiger partial charge < -0.3 is 5.11 Å². The van der Waals surface area contributed by atoms with Crippen molar-refractivity contribution in [2.24, 2.45) is 0 Å². The predicted octanol–water partition coefficient (Wildman–Crippen LogP) is 1.64. The highest BCUT2D eigenvalue weighted by Gasteiger charge is 2.03. The van der Waals surface area contributed by atoms with Crippen LogP contribution in [0.3, 0.4) is 0 Å². The Morgan fingerprint density at radius 1 is 1.70 bits per heavy atom. The Morgan fingerprint density at radius 2 is 2.40 bits per heavy atom. The molecule has 0 bridgehead atoms. The third kappa shape index (κ3) is 1.68. The van der Waals surface area contributed by atoms with E-state index in [0.29, 0.717) is 10.9 Å². The predicted molar refractivity (Wildman–Crippen MR) is 42.7 cm³/mol. The minimum atomic E-state index is 0.166. The number of nitrogens with zero attached hydrogens (tertiary/aromatic N) is 1. The molecule has 10 heavy (non-hydrogen) atoms. The SMILES string of the molecule is Cc1nc(Cl)sc1CCO. The van der Waals surface area contributed by atoms with Gasteiger partial charge in [0.25, 0.3) is 0 Å². The first-order valence-electron chi connectivity index (χ1n) is 2.96. The summed E-state index contributed by atoms with van der Waals surface area (Å²) < 4.78 is 0.556. The lowest BCUT2D eigenvalue weighted by Crippen LogP contribution is -1.88. The maximum atomic E-state index is 8.59. The molecule has 56 valence electrons. The van der Waals surface area contributed by atoms with Crippen molar-refractivity contribution in [3.63, 3.8) is 0 Å². The van der Waals surface area contributed by atoms with Gasteiger partial charge in [0, 0.05) is 17.9 Å². The second-order valence-electron chi connectivity index (χ2n) is 1.95. The molecule has 0 amide bonds. The zero-order chi connectivity index (χ0) is 7.56. The number of aromatic nitrogens is 1. The van der Waals surface area contributed by atoms with Crippen LogP contribution < -0.4 is 0 Å². The molecule has 0 unspecified atom stereocenters. The summed E-state index contributed by atoms with van der Waals surface area (Å²) in [5, 5.41) is 8.59. The van der Waals surface area contributed by atoms with Gasteiger partial charge in [0.2, 0.25) is 0 Å². The van der Waals surface area contributed by atoms with Gasteiger partial charge in [0.05, 0.1) is 5.69 Å². The maximum absolute atomic E-state index is 8.59. The first kappa shape index (κ1) is 7.98. The van der Waals surface area contributed by atoms with E-state index in [1.54, 1.807) is 0 Å². The van der Waals surface area contributed by atoms with Crippen LogP contribution in [0.2, 0.25) is 4.47 Å². The van der Waals surface area contributed by atoms with Gasteiger partial charge in [-0.05, 0) is 6.92 Å². The molecule has 1 heterocycles. The minimum absolute atomic E-state index is 0.166. The maximum Gasteiger partial charge on any atom is 0.184 e. The van der Waals surface area contributed by atoms with E-state index in [4.69, 9.17) is 16.7 Å². The highest BCUT2D eigenvalue weighted by Crippen LogP contribution is 2.21. The van der Waals surface area contributed by atoms with Crippen LogP contribution in [-0.4, -0.2) is 16.7 Å². The van der Waals surface area contributed by atoms with Crippen LogP contribution in [0.4, 0.5) is 0 Å². The summed E-state index contributed by atoms with van der Waals surface area (Å²) in [5.74, 6) is 0. The van der Waals surface area contributed by atoms with Gasteiger partial charge in [-0.25, -0.2) is 4.98 Å². The quantitative estimate of drug-likeness (QED) is 0.745. The van der Waals surface area contributed by atoms with Crippen molar-refractivity contribution in [3.05, 3.63) is 15.0 Å². The molecule has 0 spiro atoms. The van der Waals surface area contributed by atoms with E-state index < -0.39 is 0 Å². The fourth-order valence-electron chi connectivity index (χ4n) is 0.726. The van der Waals surface area contributed by atoms with Gasteiger partial charge in [0.15, 0.2) is 4.47 Å². The first-order chi connectivity index (χ1) is 4.74. The van der Waals surface area contributed by atoms with Crippen molar-refractivity contribution in [1.29, 1.82) is 0 Å². The number of aliphatic hydroxyl groups is 1. The van der Waals surface area contributed by atoms with Crippen molar-refractivity contribution >= 4 is 22.9 Å². The molecule has 0 atom stereocenters. The number of rotatable bonds is 2. The highest BCUT2D eigenvalue weighted by molar-refractivity contribution is 7.15. The summed E-state index contributed by atoms with van der Waals surface area (Å²) in [7, 11) is 0. The minimum Gasteiger partial charge on any atom is -0.396 e. The van der Waals surface area contributed by atoms with Crippen LogP contribution in [0.25, 0.3) is 0 Å². The van der Waals surface area contributed by atoms with Crippen LogP contribution in [0.5, 0.6) is 0 Å². The molecule has 2 nitrogen and oxygen atoms in total. The molecular weight excluding hydrogens is 170 g/mol. The van der Waals surface area contributed by atoms with Crippen LogP contribution in [0.1, 0.15) is 10.6 Å². The summed E-state index contributed by atoms with van der Waals surface area (Å²) in [6.07, 6.45) is 0.663. The largest absolute Gasteiger partial charge is 0.396 e. The normalized spacial score (nSPS) is 10.3. The molecule has 0 saturated heterocycles. The molecule has 0 saturated carbocycles. The highest BCUT2D eigenvalue weighted by atomic mass is 35.5. The molecule has 1 rings (SSSR count). The van der Waals surface area contributed by atoms with Crippen LogP contribution in [0.15, 0.2) is 0 Å². The molecule has 0 aliphatic carbocycles. The lowest BCUT2D eigenvalue weighted by atomic mass is 10.3. The summed E-state index contributed by atoms with van der Waals surface area (Å²) >= 11 is 7.06. The van der Waals surface area contributed by atoms with E-state index in [1.165, 1.54) is 11.3 Å². The molecule has 1 aromatic rings. The molecule has 1 aromatic heterocycles. The molecular formula is C6H8ClNOS. The van der Waals surface area contributed by atoms with Crippen molar-refractivity contribution in [2.45, 2.75) is 13.3 Å². The van der Waals surface area contributed by atoms with Crippen molar-refractivity contribution in [2.75, 3.05) is 6.61 Å². The van der Waals surface area contributed by atoms with Crippen LogP contribution >= 0.6 is 22.9 Å². The smallest absolute Gasteiger partial charge is 0.184 e. The second kappa shape index (κ2) is 3.32. The lowest BCUT2D eigenvalue weighted by molar-refractivity contribution is 0.300. The van der Waals surface area contributed by atoms with Gasteiger partial charge in [-0.15, -0.1) is 11.3 Å². The monoisotopic (exact) mass is 177 g/mol. The van der Waals surface area contributed by atoms with E-state index in [2.05, 4.69) is 4.98 Å². The van der Waals surface area contributed by atoms with Crippen molar-refractivity contribution in [1.82, 2.24) is 4.98 Å². The van der Waals surface area contributed by atoms with E-state index in [9.17, 15) is 0 Å². The molecule has 0 fully saturated rings. The molecule has 0 radical (unpaired) electrons. The Morgan fingerprint density at radius 3 is 2.80 bits per heavy atom. The zero-order valence-corrected chi connectivity index (χ0v) is 7.17. The number of hydrogen-bond donors (Lipinski definition) is 1. The number of halogens is 1. The summed E-state index contributed by atoms with van der Waals surface area (Å²) in [6, 6.07) is 0. The Labute approximate surface area is 68.5 Å². The molecule has 1 N–H and O–H groups in total. The second-order valence-corrected chi connectivity index (χ2v) is 3.61. The van der Waals surface area contributed by atoms with Gasteiger partial charge in [-0.1, -0.05) is 11.6 Å². The number of aryl methyl sites for hydroxylation is 1. The fourth-order valence-corrected chi connectivity index (χ4v) is 1.90. The summed E-state index contributed by atoms with van der Waals surface area (Å²) in [5.41, 5.74) is 0.934. The Balaban J connectivity index is 2.81. The number of hydrogen-bond acceptors (Lipinski definition) is 3. The molecule has 0 aromatic carbocycles. The molecule has 0 aliphatic rings. The third-order valence-corrected chi connectivity index (χ3v) is 2.53. The first-order valence-corrected chi connectivity index (χ1v) is 4.16. The van der Waals surface area contributed by atoms with E-state index in [1.807, 2.05) is 6.92 Å². The van der Waals surface area contributed by atoms with Gasteiger partial charge in [-0.2, -0.15) is 0 Å². The standard InChI is InChI=1S/C6H8ClNOS/c1-4-5(2-3-9)10-6(7)8-4/h9H,2-3H2,1H3. The Bertz CT molecular complexity index is 224. The Hall–Kier alpha value is -0.120. The number of aliphatic hydroxyl groups excluding tert-OH is 1. The zero-order valence-electron chi connectivity index (χ0n) is 5.59. The van der Waals surface area contributed by atoms with Gasteiger partial charge >= 0.3 is 0 Å². The fraction of sp³-hybridized carbons (Fsp3) is 0.500. The average molecular weight is 178 g/mol. The van der Waals surface area contributed by atoms with Gasteiger partial charge in [-0.3, -0.25) is 0 Å². The Kier molecular flexibility index (Phi) is 2.65. The van der Waals surface area contributed by atoms with Crippen molar-refractivity contribution in [3.8, 4) is 0 Å².